The average Bonchev–Trinajstić information content (AvgIpc) is 3.07. The third-order valence-corrected chi connectivity index (χ3v) is 5.09. The van der Waals surface area contributed by atoms with Crippen molar-refractivity contribution in [3.63, 3.8) is 0 Å². The molecule has 0 saturated carbocycles. The Kier molecular flexibility index (Phi) is 6.46. The van der Waals surface area contributed by atoms with Crippen LogP contribution in [-0.2, 0) is 15.3 Å². The molecule has 1 aliphatic heterocycles. The lowest BCUT2D eigenvalue weighted by atomic mass is 9.96. The summed E-state index contributed by atoms with van der Waals surface area (Å²) in [6, 6.07) is 19.8. The van der Waals surface area contributed by atoms with Crippen LogP contribution in [0.15, 0.2) is 66.7 Å². The lowest BCUT2D eigenvalue weighted by molar-refractivity contribution is -0.153. The zero-order valence-corrected chi connectivity index (χ0v) is 16.4. The summed E-state index contributed by atoms with van der Waals surface area (Å²) in [7, 11) is 0. The SMILES string of the molecule is CCCCN(CCCC)C1(c2ccccc2)OC(c2ccccc2)=CC1=O. The Balaban J connectivity index is 2.02. The fourth-order valence-corrected chi connectivity index (χ4v) is 3.59. The number of hydrogen-bond acceptors (Lipinski definition) is 3. The molecular formula is C24H29NO2. The Hall–Kier alpha value is -2.39. The molecule has 27 heavy (non-hydrogen) atoms. The van der Waals surface area contributed by atoms with E-state index in [9.17, 15) is 4.79 Å². The summed E-state index contributed by atoms with van der Waals surface area (Å²) >= 11 is 0. The molecule has 0 spiro atoms. The maximum absolute atomic E-state index is 13.4. The van der Waals surface area contributed by atoms with E-state index in [-0.39, 0.29) is 5.78 Å². The third-order valence-electron chi connectivity index (χ3n) is 5.09. The van der Waals surface area contributed by atoms with E-state index in [4.69, 9.17) is 4.74 Å². The number of nitrogens with zero attached hydrogens (tertiary/aromatic N) is 1. The summed E-state index contributed by atoms with van der Waals surface area (Å²) in [4.78, 5) is 15.6. The van der Waals surface area contributed by atoms with Gasteiger partial charge in [0.15, 0.2) is 0 Å². The van der Waals surface area contributed by atoms with Crippen molar-refractivity contribution in [2.45, 2.75) is 45.3 Å². The summed E-state index contributed by atoms with van der Waals surface area (Å²) in [6.45, 7) is 6.04. The normalized spacial score (nSPS) is 19.2. The number of carbonyl (C=O) groups is 1. The first-order chi connectivity index (χ1) is 13.2. The number of rotatable bonds is 9. The molecule has 0 bridgehead atoms. The van der Waals surface area contributed by atoms with Gasteiger partial charge in [0.2, 0.25) is 5.78 Å². The summed E-state index contributed by atoms with van der Waals surface area (Å²) < 4.78 is 6.53. The van der Waals surface area contributed by atoms with Crippen molar-refractivity contribution in [2.24, 2.45) is 0 Å². The van der Waals surface area contributed by atoms with Gasteiger partial charge in [-0.05, 0) is 12.8 Å². The third kappa shape index (κ3) is 3.98. The molecule has 1 unspecified atom stereocenters. The largest absolute Gasteiger partial charge is 0.460 e. The molecule has 0 aliphatic carbocycles. The van der Waals surface area contributed by atoms with Gasteiger partial charge in [-0.3, -0.25) is 9.69 Å². The van der Waals surface area contributed by atoms with Crippen LogP contribution in [0, 0.1) is 0 Å². The molecule has 2 aromatic carbocycles. The first-order valence-electron chi connectivity index (χ1n) is 10.0. The first-order valence-corrected chi connectivity index (χ1v) is 10.0. The Morgan fingerprint density at radius 2 is 1.41 bits per heavy atom. The molecule has 0 amide bonds. The molecule has 0 saturated heterocycles. The quantitative estimate of drug-likeness (QED) is 0.599. The van der Waals surface area contributed by atoms with Crippen molar-refractivity contribution < 1.29 is 9.53 Å². The van der Waals surface area contributed by atoms with Crippen LogP contribution in [0.25, 0.3) is 5.76 Å². The van der Waals surface area contributed by atoms with Gasteiger partial charge in [0.25, 0.3) is 5.72 Å². The van der Waals surface area contributed by atoms with Crippen molar-refractivity contribution >= 4 is 11.5 Å². The molecule has 2 aromatic rings. The highest BCUT2D eigenvalue weighted by molar-refractivity contribution is 6.05. The predicted molar refractivity (Wildman–Crippen MR) is 110 cm³/mol. The van der Waals surface area contributed by atoms with E-state index in [0.717, 1.165) is 49.9 Å². The van der Waals surface area contributed by atoms with E-state index in [1.165, 1.54) is 0 Å². The van der Waals surface area contributed by atoms with E-state index >= 15 is 0 Å². The number of carbonyl (C=O) groups excluding carboxylic acids is 1. The molecule has 3 heteroatoms. The van der Waals surface area contributed by atoms with Gasteiger partial charge in [-0.1, -0.05) is 87.4 Å². The molecule has 1 aliphatic rings. The maximum Gasteiger partial charge on any atom is 0.253 e. The topological polar surface area (TPSA) is 29.5 Å². The summed E-state index contributed by atoms with van der Waals surface area (Å²) in [5, 5.41) is 0. The Labute approximate surface area is 162 Å². The molecule has 1 atom stereocenters. The molecule has 3 nitrogen and oxygen atoms in total. The Morgan fingerprint density at radius 3 is 1.96 bits per heavy atom. The van der Waals surface area contributed by atoms with Crippen LogP contribution in [-0.4, -0.2) is 23.8 Å². The van der Waals surface area contributed by atoms with Crippen molar-refractivity contribution in [1.82, 2.24) is 4.90 Å². The minimum absolute atomic E-state index is 0.0137. The number of ether oxygens (including phenoxy) is 1. The van der Waals surface area contributed by atoms with Gasteiger partial charge in [-0.25, -0.2) is 0 Å². The Morgan fingerprint density at radius 1 is 0.852 bits per heavy atom. The van der Waals surface area contributed by atoms with Gasteiger partial charge >= 0.3 is 0 Å². The molecule has 142 valence electrons. The lowest BCUT2D eigenvalue weighted by Crippen LogP contribution is -2.51. The number of hydrogen-bond donors (Lipinski definition) is 0. The second kappa shape index (κ2) is 9.01. The second-order valence-corrected chi connectivity index (χ2v) is 7.05. The fourth-order valence-electron chi connectivity index (χ4n) is 3.59. The first kappa shape index (κ1) is 19.4. The van der Waals surface area contributed by atoms with Crippen LogP contribution >= 0.6 is 0 Å². The summed E-state index contributed by atoms with van der Waals surface area (Å²) in [5.41, 5.74) is 0.788. The second-order valence-electron chi connectivity index (χ2n) is 7.05. The summed E-state index contributed by atoms with van der Waals surface area (Å²) in [5.74, 6) is 0.669. The Bertz CT molecular complexity index is 761. The monoisotopic (exact) mass is 363 g/mol. The molecule has 0 aromatic heterocycles. The fraction of sp³-hybridized carbons (Fsp3) is 0.375. The maximum atomic E-state index is 13.4. The van der Waals surface area contributed by atoms with E-state index in [2.05, 4.69) is 18.7 Å². The molecular weight excluding hydrogens is 334 g/mol. The molecule has 1 heterocycles. The zero-order valence-electron chi connectivity index (χ0n) is 16.4. The van der Waals surface area contributed by atoms with Crippen LogP contribution < -0.4 is 0 Å². The van der Waals surface area contributed by atoms with Crippen LogP contribution in [0.3, 0.4) is 0 Å². The summed E-state index contributed by atoms with van der Waals surface area (Å²) in [6.07, 6.45) is 5.92. The van der Waals surface area contributed by atoms with Crippen molar-refractivity contribution in [3.05, 3.63) is 77.9 Å². The van der Waals surface area contributed by atoms with Gasteiger partial charge in [0, 0.05) is 30.3 Å². The highest BCUT2D eigenvalue weighted by atomic mass is 16.5. The predicted octanol–water partition coefficient (Wildman–Crippen LogP) is 5.38. The van der Waals surface area contributed by atoms with Crippen molar-refractivity contribution in [1.29, 1.82) is 0 Å². The van der Waals surface area contributed by atoms with Gasteiger partial charge in [0.05, 0.1) is 0 Å². The van der Waals surface area contributed by atoms with E-state index in [0.29, 0.717) is 5.76 Å². The minimum Gasteiger partial charge on any atom is -0.460 e. The van der Waals surface area contributed by atoms with Gasteiger partial charge in [-0.15, -0.1) is 0 Å². The number of benzene rings is 2. The van der Waals surface area contributed by atoms with Gasteiger partial charge in [-0.2, -0.15) is 0 Å². The van der Waals surface area contributed by atoms with Crippen LogP contribution in [0.5, 0.6) is 0 Å². The van der Waals surface area contributed by atoms with Crippen molar-refractivity contribution in [3.8, 4) is 0 Å². The van der Waals surface area contributed by atoms with Crippen molar-refractivity contribution in [2.75, 3.05) is 13.1 Å². The molecule has 0 N–H and O–H groups in total. The molecule has 3 rings (SSSR count). The highest BCUT2D eigenvalue weighted by Crippen LogP contribution is 2.42. The van der Waals surface area contributed by atoms with E-state index < -0.39 is 5.72 Å². The van der Waals surface area contributed by atoms with E-state index in [1.54, 1.807) is 6.08 Å². The highest BCUT2D eigenvalue weighted by Gasteiger charge is 2.51. The average molecular weight is 364 g/mol. The van der Waals surface area contributed by atoms with Gasteiger partial charge in [0.1, 0.15) is 5.76 Å². The van der Waals surface area contributed by atoms with Crippen LogP contribution in [0.4, 0.5) is 0 Å². The lowest BCUT2D eigenvalue weighted by Gasteiger charge is -2.40. The van der Waals surface area contributed by atoms with Gasteiger partial charge < -0.3 is 4.74 Å². The van der Waals surface area contributed by atoms with Crippen LogP contribution in [0.1, 0.15) is 50.7 Å². The standard InChI is InChI=1S/C24H29NO2/c1-3-5-17-25(18-6-4-2)24(21-15-11-8-12-16-21)23(26)19-22(27-24)20-13-9-7-10-14-20/h7-16,19H,3-6,17-18H2,1-2H3. The zero-order chi connectivity index (χ0) is 19.1. The smallest absolute Gasteiger partial charge is 0.253 e. The number of ketones is 1. The minimum atomic E-state index is -1.06. The molecule has 0 radical (unpaired) electrons. The molecule has 0 fully saturated rings. The van der Waals surface area contributed by atoms with Crippen LogP contribution in [0.2, 0.25) is 0 Å². The number of unbranched alkanes of at least 4 members (excludes halogenated alkanes) is 2. The van der Waals surface area contributed by atoms with E-state index in [1.807, 2.05) is 60.7 Å².